The quantitative estimate of drug-likeness (QED) is 0.518. The molecular formula is C23H27ClF3NO3S. The molecule has 0 spiro atoms. The minimum absolute atomic E-state index is 0. The van der Waals surface area contributed by atoms with Gasteiger partial charge in [0.2, 0.25) is 5.91 Å². The highest BCUT2D eigenvalue weighted by Gasteiger charge is 2.46. The molecule has 176 valence electrons. The molecule has 0 aliphatic carbocycles. The van der Waals surface area contributed by atoms with Crippen LogP contribution in [0.2, 0.25) is 5.02 Å². The summed E-state index contributed by atoms with van der Waals surface area (Å²) < 4.78 is 64.2. The van der Waals surface area contributed by atoms with Crippen molar-refractivity contribution in [1.82, 2.24) is 4.90 Å². The van der Waals surface area contributed by atoms with Gasteiger partial charge in [0.15, 0.2) is 9.84 Å². The molecule has 2 aromatic rings. The molecule has 1 amide bonds. The van der Waals surface area contributed by atoms with Crippen LogP contribution in [-0.2, 0) is 27.4 Å². The first-order valence-corrected chi connectivity index (χ1v) is 11.6. The summed E-state index contributed by atoms with van der Waals surface area (Å²) in [5.41, 5.74) is -0.221. The van der Waals surface area contributed by atoms with Gasteiger partial charge in [0.25, 0.3) is 0 Å². The number of rotatable bonds is 5. The van der Waals surface area contributed by atoms with Crippen LogP contribution in [0.4, 0.5) is 13.2 Å². The van der Waals surface area contributed by atoms with Gasteiger partial charge in [-0.05, 0) is 56.0 Å². The van der Waals surface area contributed by atoms with E-state index in [9.17, 15) is 26.4 Å². The third-order valence-corrected chi connectivity index (χ3v) is 8.95. The molecule has 0 bridgehead atoms. The van der Waals surface area contributed by atoms with Crippen LogP contribution in [0.25, 0.3) is 0 Å². The molecule has 0 saturated carbocycles. The van der Waals surface area contributed by atoms with E-state index in [1.54, 1.807) is 17.0 Å². The van der Waals surface area contributed by atoms with Crippen LogP contribution in [0.5, 0.6) is 0 Å². The van der Waals surface area contributed by atoms with Crippen LogP contribution in [0, 0.1) is 5.92 Å². The van der Waals surface area contributed by atoms with Crippen LogP contribution >= 0.6 is 11.6 Å². The van der Waals surface area contributed by atoms with Crippen molar-refractivity contribution in [2.24, 2.45) is 5.92 Å². The minimum Gasteiger partial charge on any atom is -0.338 e. The highest BCUT2D eigenvalue weighted by molar-refractivity contribution is 7.92. The van der Waals surface area contributed by atoms with Gasteiger partial charge in [-0.2, -0.15) is 13.2 Å². The molecule has 1 atom stereocenters. The predicted octanol–water partition coefficient (Wildman–Crippen LogP) is 5.99. The van der Waals surface area contributed by atoms with Crippen LogP contribution < -0.4 is 0 Å². The van der Waals surface area contributed by atoms with Crippen molar-refractivity contribution < 1.29 is 26.4 Å². The fourth-order valence-electron chi connectivity index (χ4n) is 3.83. The number of carbonyl (C=O) groups is 1. The van der Waals surface area contributed by atoms with Gasteiger partial charge in [0.05, 0.1) is 15.2 Å². The first-order valence-electron chi connectivity index (χ1n) is 9.77. The Labute approximate surface area is 192 Å². The van der Waals surface area contributed by atoms with Crippen molar-refractivity contribution in [2.75, 3.05) is 6.54 Å². The molecule has 2 aromatic carbocycles. The summed E-state index contributed by atoms with van der Waals surface area (Å²) in [6.07, 6.45) is -4.23. The summed E-state index contributed by atoms with van der Waals surface area (Å²) in [5, 5.41) is 0.546. The maximum Gasteiger partial charge on any atom is 0.416 e. The smallest absolute Gasteiger partial charge is 0.338 e. The molecule has 0 unspecified atom stereocenters. The van der Waals surface area contributed by atoms with Crippen LogP contribution in [0.1, 0.15) is 45.2 Å². The van der Waals surface area contributed by atoms with Crippen LogP contribution in [-0.4, -0.2) is 30.5 Å². The van der Waals surface area contributed by atoms with Gasteiger partial charge in [-0.1, -0.05) is 43.3 Å². The average molecular weight is 490 g/mol. The van der Waals surface area contributed by atoms with Gasteiger partial charge in [-0.15, -0.1) is 0 Å². The van der Waals surface area contributed by atoms with E-state index in [4.69, 9.17) is 11.6 Å². The third kappa shape index (κ3) is 5.12. The number of amides is 1. The molecule has 9 heteroatoms. The summed E-state index contributed by atoms with van der Waals surface area (Å²) in [4.78, 5) is 14.0. The van der Waals surface area contributed by atoms with Crippen molar-refractivity contribution >= 4 is 27.3 Å². The lowest BCUT2D eigenvalue weighted by Gasteiger charge is -2.40. The Hall–Kier alpha value is -2.06. The normalized spacial score (nSPS) is 17.8. The lowest BCUT2D eigenvalue weighted by atomic mass is 9.85. The largest absolute Gasteiger partial charge is 0.416 e. The number of hydrogen-bond acceptors (Lipinski definition) is 3. The van der Waals surface area contributed by atoms with E-state index in [-0.39, 0.29) is 19.8 Å². The van der Waals surface area contributed by atoms with Gasteiger partial charge < -0.3 is 4.90 Å². The van der Waals surface area contributed by atoms with Gasteiger partial charge in [0.1, 0.15) is 0 Å². The number of halogens is 4. The Kier molecular flexibility index (Phi) is 7.72. The Morgan fingerprint density at radius 1 is 1.09 bits per heavy atom. The summed E-state index contributed by atoms with van der Waals surface area (Å²) in [6, 6.07) is 10.9. The van der Waals surface area contributed by atoms with Gasteiger partial charge in [0, 0.05) is 24.5 Å². The molecule has 1 aliphatic rings. The van der Waals surface area contributed by atoms with E-state index in [1.807, 2.05) is 12.1 Å². The summed E-state index contributed by atoms with van der Waals surface area (Å²) in [7, 11) is -4.12. The van der Waals surface area contributed by atoms with E-state index >= 15 is 0 Å². The number of nitrogens with zero attached hydrogens (tertiary/aromatic N) is 1. The molecule has 0 aromatic heterocycles. The molecule has 0 N–H and O–H groups in total. The Balaban J connectivity index is 0.00000363. The lowest BCUT2D eigenvalue weighted by molar-refractivity contribution is -0.138. The van der Waals surface area contributed by atoms with Gasteiger partial charge in [-0.25, -0.2) is 8.42 Å². The highest BCUT2D eigenvalue weighted by atomic mass is 35.5. The Bertz CT molecular complexity index is 1080. The third-order valence-electron chi connectivity index (χ3n) is 5.99. The monoisotopic (exact) mass is 489 g/mol. The highest BCUT2D eigenvalue weighted by Crippen LogP contribution is 2.40. The second-order valence-electron chi connectivity index (χ2n) is 8.23. The number of piperidine rings is 1. The number of carbonyl (C=O) groups excluding carboxylic acids is 1. The number of alkyl halides is 3. The van der Waals surface area contributed by atoms with E-state index < -0.39 is 37.1 Å². The molecule has 1 saturated heterocycles. The van der Waals surface area contributed by atoms with Crippen LogP contribution in [0.15, 0.2) is 53.4 Å². The average Bonchev–Trinajstić information content (AvgIpc) is 2.70. The van der Waals surface area contributed by atoms with Gasteiger partial charge >= 0.3 is 6.18 Å². The van der Waals surface area contributed by atoms with E-state index in [0.29, 0.717) is 30.6 Å². The standard InChI is InChI=1S/C22H23ClF3NO3S.CH4/c1-21(2,31(29,30)18-8-5-7-17(12-18)22(24,25)26)16-10-11-27(20(28)13-16)14-15-6-3-4-9-19(15)23;/h3-9,12,16H,10-11,13-14H2,1-2H3;1H4/t16-;/m0./s1. The van der Waals surface area contributed by atoms with E-state index in [0.717, 1.165) is 17.7 Å². The number of sulfone groups is 1. The fourth-order valence-corrected chi connectivity index (χ4v) is 5.82. The SMILES string of the molecule is C.CC(C)([C@H]1CCN(Cc2ccccc2Cl)C(=O)C1)S(=O)(=O)c1cccc(C(F)(F)F)c1. The molecule has 1 heterocycles. The zero-order valence-corrected chi connectivity index (χ0v) is 18.7. The second kappa shape index (κ2) is 9.43. The maximum atomic E-state index is 13.2. The molecular weight excluding hydrogens is 463 g/mol. The number of benzene rings is 2. The molecule has 1 aliphatic heterocycles. The molecule has 32 heavy (non-hydrogen) atoms. The van der Waals surface area contributed by atoms with E-state index in [2.05, 4.69) is 0 Å². The number of likely N-dealkylation sites (tertiary alicyclic amines) is 1. The molecule has 1 fully saturated rings. The first-order chi connectivity index (χ1) is 14.3. The van der Waals surface area contributed by atoms with Crippen molar-refractivity contribution in [3.8, 4) is 0 Å². The lowest BCUT2D eigenvalue weighted by Crippen LogP contribution is -2.48. The number of hydrogen-bond donors (Lipinski definition) is 0. The Morgan fingerprint density at radius 3 is 2.34 bits per heavy atom. The zero-order chi connectivity index (χ0) is 23.0. The zero-order valence-electron chi connectivity index (χ0n) is 17.1. The molecule has 0 radical (unpaired) electrons. The van der Waals surface area contributed by atoms with Crippen molar-refractivity contribution in [1.29, 1.82) is 0 Å². The van der Waals surface area contributed by atoms with Crippen LogP contribution in [0.3, 0.4) is 0 Å². The van der Waals surface area contributed by atoms with Crippen molar-refractivity contribution in [3.05, 3.63) is 64.7 Å². The summed E-state index contributed by atoms with van der Waals surface area (Å²) >= 11 is 6.17. The fraction of sp³-hybridized carbons (Fsp3) is 0.435. The first kappa shape index (κ1) is 26.2. The van der Waals surface area contributed by atoms with Gasteiger partial charge in [-0.3, -0.25) is 4.79 Å². The minimum atomic E-state index is -4.64. The van der Waals surface area contributed by atoms with Crippen molar-refractivity contribution in [2.45, 2.75) is 56.5 Å². The second-order valence-corrected chi connectivity index (χ2v) is 11.2. The summed E-state index contributed by atoms with van der Waals surface area (Å²) in [5.74, 6) is -0.731. The molecule has 3 rings (SSSR count). The predicted molar refractivity (Wildman–Crippen MR) is 119 cm³/mol. The maximum absolute atomic E-state index is 13.2. The Morgan fingerprint density at radius 2 is 1.75 bits per heavy atom. The van der Waals surface area contributed by atoms with Crippen molar-refractivity contribution in [3.63, 3.8) is 0 Å². The molecule has 4 nitrogen and oxygen atoms in total. The summed E-state index contributed by atoms with van der Waals surface area (Å²) in [6.45, 7) is 3.62. The topological polar surface area (TPSA) is 54.5 Å². The van der Waals surface area contributed by atoms with E-state index in [1.165, 1.54) is 19.9 Å².